The number of aromatic nitrogens is 2. The van der Waals surface area contributed by atoms with E-state index in [9.17, 15) is 24.3 Å². The highest BCUT2D eigenvalue weighted by molar-refractivity contribution is 5.96. The molecule has 3 N–H and O–H groups in total. The zero-order chi connectivity index (χ0) is 42.6. The summed E-state index contributed by atoms with van der Waals surface area (Å²) in [7, 11) is 3.19. The van der Waals surface area contributed by atoms with E-state index in [-0.39, 0.29) is 24.7 Å². The van der Waals surface area contributed by atoms with Crippen LogP contribution in [0.4, 0.5) is 0 Å². The van der Waals surface area contributed by atoms with E-state index in [1.54, 1.807) is 25.4 Å². The van der Waals surface area contributed by atoms with Gasteiger partial charge in [-0.25, -0.2) is 5.43 Å². The van der Waals surface area contributed by atoms with Crippen molar-refractivity contribution in [1.29, 1.82) is 0 Å². The monoisotopic (exact) mass is 806 g/mol. The first-order chi connectivity index (χ1) is 28.1. The minimum absolute atomic E-state index is 0.00172. The molecule has 13 nitrogen and oxygen atoms in total. The number of nitrogens with zero attached hydrogens (tertiary/aromatic N) is 4. The number of hydrogen-bond acceptors (Lipinski definition) is 9. The second kappa shape index (κ2) is 17.9. The van der Waals surface area contributed by atoms with Crippen molar-refractivity contribution in [3.63, 3.8) is 0 Å². The summed E-state index contributed by atoms with van der Waals surface area (Å²) in [6, 6.07) is 13.5. The van der Waals surface area contributed by atoms with Gasteiger partial charge in [-0.1, -0.05) is 46.4 Å². The third kappa shape index (κ3) is 9.12. The topological polar surface area (TPSA) is 155 Å². The Kier molecular flexibility index (Phi) is 13.1. The lowest BCUT2D eigenvalue weighted by Crippen LogP contribution is -2.66. The number of pyridine rings is 1. The molecule has 2 aromatic carbocycles. The average molecular weight is 807 g/mol. The third-order valence-corrected chi connectivity index (χ3v) is 11.5. The molecule has 2 aromatic heterocycles. The summed E-state index contributed by atoms with van der Waals surface area (Å²) in [6.07, 6.45) is 5.33. The number of aromatic hydroxyl groups is 1. The minimum Gasteiger partial charge on any atom is -0.508 e. The van der Waals surface area contributed by atoms with Gasteiger partial charge in [0.1, 0.15) is 29.7 Å². The normalized spacial score (nSPS) is 20.2. The van der Waals surface area contributed by atoms with Gasteiger partial charge in [0, 0.05) is 56.3 Å². The van der Waals surface area contributed by atoms with E-state index in [1.807, 2.05) is 32.0 Å². The zero-order valence-corrected chi connectivity index (χ0v) is 35.3. The van der Waals surface area contributed by atoms with Crippen molar-refractivity contribution in [2.45, 2.75) is 91.1 Å². The van der Waals surface area contributed by atoms with E-state index < -0.39 is 40.8 Å². The van der Waals surface area contributed by atoms with Crippen LogP contribution in [0.1, 0.15) is 64.3 Å². The van der Waals surface area contributed by atoms with E-state index in [1.165, 1.54) is 17.0 Å². The molecule has 2 aliphatic heterocycles. The van der Waals surface area contributed by atoms with Gasteiger partial charge in [0.05, 0.1) is 31.2 Å². The molecule has 0 spiro atoms. The molecule has 0 saturated carbocycles. The molecular weight excluding hydrogens is 749 g/mol. The Morgan fingerprint density at radius 3 is 2.64 bits per heavy atom. The van der Waals surface area contributed by atoms with Crippen molar-refractivity contribution >= 4 is 34.9 Å². The number of phenolic OH excluding ortho intramolecular Hbond substituents is 1. The second-order valence-corrected chi connectivity index (χ2v) is 17.0. The summed E-state index contributed by atoms with van der Waals surface area (Å²) in [4.78, 5) is 60.3. The van der Waals surface area contributed by atoms with Crippen LogP contribution in [-0.4, -0.2) is 100 Å². The standard InChI is InChI=1S/C46H58N6O7/c1-9-40(55)50(7)41(29(3)4)43(56)48-37-21-30-19-32(22-33(54)20-30)31-14-15-39-35(23-31)36(42(51(39)10-2)34-13-11-17-47-38(34)25-58-8)24-45(5,6)27-59-28-46(26-53)16-12-18-52(49-46)44(37)57/h9,11,13-15,17,19-20,22-23,26,29,37,41,49,54H,1,10,12,16,18,21,24-25,27-28H2,2-8H3,(H,48,56)/t37-,41-,46?/m0/s1. The first-order valence-corrected chi connectivity index (χ1v) is 20.4. The Balaban J connectivity index is 1.53. The van der Waals surface area contributed by atoms with E-state index in [2.05, 4.69) is 60.9 Å². The Bertz CT molecular complexity index is 2230. The predicted molar refractivity (Wildman–Crippen MR) is 227 cm³/mol. The van der Waals surface area contributed by atoms with Crippen LogP contribution >= 0.6 is 0 Å². The number of rotatable bonds is 10. The van der Waals surface area contributed by atoms with Gasteiger partial charge >= 0.3 is 0 Å². The lowest BCUT2D eigenvalue weighted by Gasteiger charge is -2.42. The Hall–Kier alpha value is -5.37. The molecule has 4 heterocycles. The number of carbonyl (C=O) groups excluding carboxylic acids is 4. The van der Waals surface area contributed by atoms with E-state index in [0.717, 1.165) is 56.9 Å². The molecule has 0 radical (unpaired) electrons. The first kappa shape index (κ1) is 43.2. The van der Waals surface area contributed by atoms with Crippen molar-refractivity contribution < 1.29 is 33.8 Å². The second-order valence-electron chi connectivity index (χ2n) is 17.0. The maximum Gasteiger partial charge on any atom is 0.259 e. The van der Waals surface area contributed by atoms with Crippen molar-refractivity contribution in [3.05, 3.63) is 84.2 Å². The van der Waals surface area contributed by atoms with Gasteiger partial charge in [0.2, 0.25) is 11.8 Å². The van der Waals surface area contributed by atoms with E-state index in [4.69, 9.17) is 14.5 Å². The van der Waals surface area contributed by atoms with Crippen LogP contribution in [0.5, 0.6) is 5.75 Å². The van der Waals surface area contributed by atoms with Crippen LogP contribution < -0.4 is 10.7 Å². The van der Waals surface area contributed by atoms with Gasteiger partial charge in [0.25, 0.3) is 5.91 Å². The number of aldehydes is 1. The fourth-order valence-corrected chi connectivity index (χ4v) is 8.73. The highest BCUT2D eigenvalue weighted by Crippen LogP contribution is 2.41. The minimum atomic E-state index is -1.19. The van der Waals surface area contributed by atoms with Crippen molar-refractivity contribution in [2.75, 3.05) is 33.9 Å². The lowest BCUT2D eigenvalue weighted by atomic mass is 9.84. The quantitative estimate of drug-likeness (QED) is 0.137. The summed E-state index contributed by atoms with van der Waals surface area (Å²) < 4.78 is 14.3. The molecule has 1 fully saturated rings. The lowest BCUT2D eigenvalue weighted by molar-refractivity contribution is -0.148. The molecular formula is C46H58N6O7. The number of amides is 3. The molecule has 13 heteroatoms. The van der Waals surface area contributed by atoms with Gasteiger partial charge in [-0.2, -0.15) is 0 Å². The highest BCUT2D eigenvalue weighted by Gasteiger charge is 2.41. The molecule has 2 aliphatic rings. The molecule has 3 amide bonds. The van der Waals surface area contributed by atoms with Crippen LogP contribution in [0.25, 0.3) is 33.3 Å². The van der Waals surface area contributed by atoms with Crippen LogP contribution in [0.2, 0.25) is 0 Å². The number of fused-ring (bicyclic) bond motifs is 6. The number of likely N-dealkylation sites (N-methyl/N-ethyl adjacent to an activating group) is 1. The number of carbonyl (C=O) groups is 4. The summed E-state index contributed by atoms with van der Waals surface area (Å²) in [5.74, 6) is -1.70. The average Bonchev–Trinajstić information content (AvgIpc) is 3.50. The molecule has 314 valence electrons. The number of phenols is 1. The predicted octanol–water partition coefficient (Wildman–Crippen LogP) is 5.60. The maximum absolute atomic E-state index is 14.6. The number of ether oxygens (including phenoxy) is 2. The SMILES string of the molecule is C=CC(=O)N(C)[C@H](C(=O)N[C@H]1Cc2cc(O)cc(c2)-c2ccc3c(c2)c(c(-c2cccnc2COC)n3CC)CC(C)(C)COCC2(C=O)CCCN(N2)C1=O)C(C)C. The molecule has 4 aromatic rings. The molecule has 3 atom stereocenters. The largest absolute Gasteiger partial charge is 0.508 e. The van der Waals surface area contributed by atoms with Crippen LogP contribution in [-0.2, 0) is 54.6 Å². The molecule has 6 bridgehead atoms. The molecule has 1 saturated heterocycles. The van der Waals surface area contributed by atoms with Gasteiger partial charge in [-0.05, 0) is 102 Å². The number of nitrogens with one attached hydrogen (secondary N) is 2. The number of hydrazine groups is 1. The fourth-order valence-electron chi connectivity index (χ4n) is 8.73. The smallest absolute Gasteiger partial charge is 0.259 e. The fraction of sp³-hybridized carbons (Fsp3) is 0.457. The van der Waals surface area contributed by atoms with Crippen LogP contribution in [0.15, 0.2) is 67.4 Å². The van der Waals surface area contributed by atoms with Gasteiger partial charge < -0.3 is 34.2 Å². The molecule has 59 heavy (non-hydrogen) atoms. The van der Waals surface area contributed by atoms with Gasteiger partial charge in [-0.3, -0.25) is 24.4 Å². The zero-order valence-electron chi connectivity index (χ0n) is 35.3. The van der Waals surface area contributed by atoms with Crippen molar-refractivity contribution in [3.8, 4) is 28.1 Å². The Labute approximate surface area is 346 Å². The van der Waals surface area contributed by atoms with Gasteiger partial charge in [-0.15, -0.1) is 0 Å². The Morgan fingerprint density at radius 1 is 1.17 bits per heavy atom. The molecule has 0 aliphatic carbocycles. The van der Waals surface area contributed by atoms with Crippen molar-refractivity contribution in [2.24, 2.45) is 11.3 Å². The van der Waals surface area contributed by atoms with Gasteiger partial charge in [0.15, 0.2) is 0 Å². The first-order valence-electron chi connectivity index (χ1n) is 20.4. The molecule has 6 rings (SSSR count). The molecule has 1 unspecified atom stereocenters. The summed E-state index contributed by atoms with van der Waals surface area (Å²) >= 11 is 0. The van der Waals surface area contributed by atoms with E-state index in [0.29, 0.717) is 51.1 Å². The maximum atomic E-state index is 14.6. The number of hydrogen-bond donors (Lipinski definition) is 3. The van der Waals surface area contributed by atoms with E-state index >= 15 is 0 Å². The number of benzene rings is 2. The third-order valence-electron chi connectivity index (χ3n) is 11.5. The van der Waals surface area contributed by atoms with Crippen LogP contribution in [0.3, 0.4) is 0 Å². The summed E-state index contributed by atoms with van der Waals surface area (Å²) in [6.45, 7) is 15.3. The van der Waals surface area contributed by atoms with Crippen molar-refractivity contribution in [1.82, 2.24) is 30.2 Å². The summed E-state index contributed by atoms with van der Waals surface area (Å²) in [5, 5.41) is 16.6. The Morgan fingerprint density at radius 2 is 1.95 bits per heavy atom. The number of methoxy groups -OCH3 is 1. The highest BCUT2D eigenvalue weighted by atomic mass is 16.5. The summed E-state index contributed by atoms with van der Waals surface area (Å²) in [5.41, 5.74) is 8.78. The number of aryl methyl sites for hydroxylation is 1. The van der Waals surface area contributed by atoms with Crippen LogP contribution in [0, 0.1) is 11.3 Å².